The zero-order valence-corrected chi connectivity index (χ0v) is 8.97. The Morgan fingerprint density at radius 3 is 2.71 bits per heavy atom. The molecule has 1 aromatic carbocycles. The average Bonchev–Trinajstić information content (AvgIpc) is 2.85. The maximum Gasteiger partial charge on any atom is 0.136 e. The Balaban J connectivity index is 2.15. The average molecular weight is 209 g/mol. The lowest BCUT2D eigenvalue weighted by atomic mass is 9.93. The van der Waals surface area contributed by atoms with Gasteiger partial charge in [0, 0.05) is 10.4 Å². The van der Waals surface area contributed by atoms with Gasteiger partial charge in [0.1, 0.15) is 5.78 Å². The minimum absolute atomic E-state index is 0.0509. The van der Waals surface area contributed by atoms with E-state index in [-0.39, 0.29) is 5.41 Å². The van der Waals surface area contributed by atoms with Crippen molar-refractivity contribution in [2.24, 2.45) is 5.41 Å². The molecule has 0 aromatic heterocycles. The molecule has 1 aromatic rings. The van der Waals surface area contributed by atoms with Gasteiger partial charge in [-0.1, -0.05) is 23.7 Å². The normalized spacial score (nSPS) is 17.9. The van der Waals surface area contributed by atoms with E-state index in [1.54, 1.807) is 6.92 Å². The summed E-state index contributed by atoms with van der Waals surface area (Å²) in [6.45, 7) is 1.69. The first-order chi connectivity index (χ1) is 6.62. The van der Waals surface area contributed by atoms with Crippen LogP contribution in [0.4, 0.5) is 0 Å². The van der Waals surface area contributed by atoms with Crippen LogP contribution in [0, 0.1) is 5.41 Å². The molecule has 0 bridgehead atoms. The lowest BCUT2D eigenvalue weighted by Gasteiger charge is -2.10. The minimum atomic E-state index is -0.0509. The molecule has 1 aliphatic rings. The lowest BCUT2D eigenvalue weighted by Crippen LogP contribution is -2.14. The third-order valence-corrected chi connectivity index (χ3v) is 3.27. The molecule has 0 heterocycles. The van der Waals surface area contributed by atoms with Gasteiger partial charge in [-0.3, -0.25) is 4.79 Å². The van der Waals surface area contributed by atoms with Gasteiger partial charge >= 0.3 is 0 Å². The molecule has 1 nitrogen and oxygen atoms in total. The van der Waals surface area contributed by atoms with Crippen LogP contribution < -0.4 is 0 Å². The summed E-state index contributed by atoms with van der Waals surface area (Å²) >= 11 is 5.89. The fourth-order valence-electron chi connectivity index (χ4n) is 1.84. The zero-order valence-electron chi connectivity index (χ0n) is 8.22. The van der Waals surface area contributed by atoms with Crippen LogP contribution in [0.1, 0.15) is 25.3 Å². The molecule has 1 saturated carbocycles. The summed E-state index contributed by atoms with van der Waals surface area (Å²) in [5.74, 6) is 0.317. The van der Waals surface area contributed by atoms with Gasteiger partial charge in [0.15, 0.2) is 0 Å². The van der Waals surface area contributed by atoms with E-state index < -0.39 is 0 Å². The number of halogens is 1. The van der Waals surface area contributed by atoms with Crippen molar-refractivity contribution < 1.29 is 4.79 Å². The van der Waals surface area contributed by atoms with Crippen molar-refractivity contribution in [3.8, 4) is 0 Å². The molecule has 0 spiro atoms. The molecule has 14 heavy (non-hydrogen) atoms. The largest absolute Gasteiger partial charge is 0.299 e. The van der Waals surface area contributed by atoms with Crippen molar-refractivity contribution in [3.63, 3.8) is 0 Å². The Labute approximate surface area is 89.1 Å². The van der Waals surface area contributed by atoms with E-state index in [4.69, 9.17) is 11.6 Å². The highest BCUT2D eigenvalue weighted by Gasteiger charge is 2.46. The van der Waals surface area contributed by atoms with Crippen LogP contribution in [0.25, 0.3) is 0 Å². The van der Waals surface area contributed by atoms with E-state index in [0.29, 0.717) is 5.78 Å². The fraction of sp³-hybridized carbons (Fsp3) is 0.417. The van der Waals surface area contributed by atoms with Gasteiger partial charge in [-0.25, -0.2) is 0 Å². The molecule has 74 valence electrons. The van der Waals surface area contributed by atoms with E-state index >= 15 is 0 Å². The van der Waals surface area contributed by atoms with Crippen LogP contribution in [-0.2, 0) is 11.2 Å². The van der Waals surface area contributed by atoms with E-state index in [9.17, 15) is 4.79 Å². The Kier molecular flexibility index (Phi) is 2.36. The maximum absolute atomic E-state index is 11.4. The minimum Gasteiger partial charge on any atom is -0.299 e. The molecule has 0 unspecified atom stereocenters. The molecular formula is C12H13ClO. The van der Waals surface area contributed by atoms with Crippen LogP contribution in [0.3, 0.4) is 0 Å². The molecule has 0 saturated heterocycles. The van der Waals surface area contributed by atoms with E-state index in [1.165, 1.54) is 5.56 Å². The second-order valence-corrected chi connectivity index (χ2v) is 4.58. The standard InChI is InChI=1S/C12H13ClO/c1-9(14)12(5-6-12)8-10-3-2-4-11(13)7-10/h2-4,7H,5-6,8H2,1H3. The smallest absolute Gasteiger partial charge is 0.136 e. The van der Waals surface area contributed by atoms with Crippen molar-refractivity contribution in [1.29, 1.82) is 0 Å². The van der Waals surface area contributed by atoms with Crippen LogP contribution in [0.15, 0.2) is 24.3 Å². The summed E-state index contributed by atoms with van der Waals surface area (Å²) in [7, 11) is 0. The first-order valence-electron chi connectivity index (χ1n) is 4.88. The zero-order chi connectivity index (χ0) is 10.2. The molecule has 0 amide bonds. The second kappa shape index (κ2) is 3.39. The number of benzene rings is 1. The molecule has 2 rings (SSSR count). The van der Waals surface area contributed by atoms with Crippen LogP contribution in [0.2, 0.25) is 5.02 Å². The third kappa shape index (κ3) is 1.83. The van der Waals surface area contributed by atoms with Gasteiger partial charge in [-0.05, 0) is 43.9 Å². The summed E-state index contributed by atoms with van der Waals surface area (Å²) in [6, 6.07) is 7.78. The number of hydrogen-bond acceptors (Lipinski definition) is 1. The number of carbonyl (C=O) groups excluding carboxylic acids is 1. The van der Waals surface area contributed by atoms with Crippen molar-refractivity contribution >= 4 is 17.4 Å². The van der Waals surface area contributed by atoms with Gasteiger partial charge < -0.3 is 0 Å². The van der Waals surface area contributed by atoms with Crippen molar-refractivity contribution in [2.75, 3.05) is 0 Å². The monoisotopic (exact) mass is 208 g/mol. The topological polar surface area (TPSA) is 17.1 Å². The molecule has 0 atom stereocenters. The predicted molar refractivity (Wildman–Crippen MR) is 57.5 cm³/mol. The summed E-state index contributed by atoms with van der Waals surface area (Å²) < 4.78 is 0. The van der Waals surface area contributed by atoms with Gasteiger partial charge in [-0.2, -0.15) is 0 Å². The number of ketones is 1. The highest BCUT2D eigenvalue weighted by Crippen LogP contribution is 2.49. The van der Waals surface area contributed by atoms with E-state index in [1.807, 2.05) is 24.3 Å². The first-order valence-corrected chi connectivity index (χ1v) is 5.26. The Morgan fingerprint density at radius 2 is 2.21 bits per heavy atom. The number of carbonyl (C=O) groups is 1. The maximum atomic E-state index is 11.4. The first kappa shape index (κ1) is 9.72. The van der Waals surface area contributed by atoms with Crippen LogP contribution in [-0.4, -0.2) is 5.78 Å². The third-order valence-electron chi connectivity index (χ3n) is 3.03. The molecular weight excluding hydrogens is 196 g/mol. The highest BCUT2D eigenvalue weighted by atomic mass is 35.5. The second-order valence-electron chi connectivity index (χ2n) is 4.14. The van der Waals surface area contributed by atoms with Gasteiger partial charge in [-0.15, -0.1) is 0 Å². The van der Waals surface area contributed by atoms with Crippen molar-refractivity contribution in [3.05, 3.63) is 34.9 Å². The van der Waals surface area contributed by atoms with E-state index in [0.717, 1.165) is 24.3 Å². The quantitative estimate of drug-likeness (QED) is 0.745. The van der Waals surface area contributed by atoms with Crippen LogP contribution in [0.5, 0.6) is 0 Å². The summed E-state index contributed by atoms with van der Waals surface area (Å²) in [6.07, 6.45) is 2.92. The van der Waals surface area contributed by atoms with Gasteiger partial charge in [0.2, 0.25) is 0 Å². The molecule has 1 aliphatic carbocycles. The molecule has 1 fully saturated rings. The molecule has 0 radical (unpaired) electrons. The predicted octanol–water partition coefficient (Wildman–Crippen LogP) is 3.25. The Morgan fingerprint density at radius 1 is 1.50 bits per heavy atom. The Bertz CT molecular complexity index is 366. The SMILES string of the molecule is CC(=O)C1(Cc2cccc(Cl)c2)CC1. The summed E-state index contributed by atoms with van der Waals surface area (Å²) in [4.78, 5) is 11.4. The van der Waals surface area contributed by atoms with Crippen LogP contribution >= 0.6 is 11.6 Å². The lowest BCUT2D eigenvalue weighted by molar-refractivity contribution is -0.121. The van der Waals surface area contributed by atoms with E-state index in [2.05, 4.69) is 0 Å². The van der Waals surface area contributed by atoms with Gasteiger partial charge in [0.05, 0.1) is 0 Å². The number of Topliss-reactive ketones (excluding diaryl/α,β-unsaturated/α-hetero) is 1. The van der Waals surface area contributed by atoms with Crippen molar-refractivity contribution in [1.82, 2.24) is 0 Å². The summed E-state index contributed by atoms with van der Waals surface area (Å²) in [5, 5.41) is 0.752. The fourth-order valence-corrected chi connectivity index (χ4v) is 2.05. The Hall–Kier alpha value is -0.820. The van der Waals surface area contributed by atoms with Crippen molar-refractivity contribution in [2.45, 2.75) is 26.2 Å². The number of rotatable bonds is 3. The van der Waals surface area contributed by atoms with Gasteiger partial charge in [0.25, 0.3) is 0 Å². The molecule has 0 aliphatic heterocycles. The number of hydrogen-bond donors (Lipinski definition) is 0. The molecule has 2 heteroatoms. The highest BCUT2D eigenvalue weighted by molar-refractivity contribution is 6.30. The summed E-state index contributed by atoms with van der Waals surface area (Å²) in [5.41, 5.74) is 1.12. The molecule has 0 N–H and O–H groups in total.